The Morgan fingerprint density at radius 1 is 1.10 bits per heavy atom. The van der Waals surface area contributed by atoms with Crippen molar-refractivity contribution in [2.24, 2.45) is 0 Å². The Balaban J connectivity index is 1.55. The number of hydrogen-bond donors (Lipinski definition) is 1. The van der Waals surface area contributed by atoms with E-state index in [1.807, 2.05) is 31.2 Å². The minimum atomic E-state index is -0.423. The number of nitrogens with one attached hydrogen (secondary N) is 1. The van der Waals surface area contributed by atoms with E-state index in [2.05, 4.69) is 20.9 Å². The third-order valence-corrected chi connectivity index (χ3v) is 5.52. The van der Waals surface area contributed by atoms with Crippen molar-refractivity contribution in [1.82, 2.24) is 14.8 Å². The molecular formula is C23H28N4O3. The summed E-state index contributed by atoms with van der Waals surface area (Å²) < 4.78 is 5.07. The molecule has 0 amide bonds. The summed E-state index contributed by atoms with van der Waals surface area (Å²) in [6.07, 6.45) is 0. The fourth-order valence-electron chi connectivity index (χ4n) is 3.91. The van der Waals surface area contributed by atoms with Crippen molar-refractivity contribution in [2.75, 3.05) is 39.3 Å². The van der Waals surface area contributed by atoms with Crippen LogP contribution in [0, 0.1) is 25.2 Å². The van der Waals surface area contributed by atoms with Crippen LogP contribution in [0.5, 0.6) is 0 Å². The lowest BCUT2D eigenvalue weighted by Crippen LogP contribution is -2.47. The highest BCUT2D eigenvalue weighted by molar-refractivity contribution is 6.03. The molecular weight excluding hydrogens is 380 g/mol. The van der Waals surface area contributed by atoms with E-state index in [0.717, 1.165) is 32.7 Å². The number of nitriles is 1. The number of piperazine rings is 1. The first kappa shape index (κ1) is 21.8. The molecule has 2 heterocycles. The maximum absolute atomic E-state index is 12.9. The Hall–Kier alpha value is -2.95. The summed E-state index contributed by atoms with van der Waals surface area (Å²) in [5.74, 6) is -0.397. The van der Waals surface area contributed by atoms with Gasteiger partial charge < -0.3 is 9.72 Å². The highest BCUT2D eigenvalue weighted by Crippen LogP contribution is 2.20. The van der Waals surface area contributed by atoms with Crippen LogP contribution in [0.15, 0.2) is 24.3 Å². The molecule has 0 unspecified atom stereocenters. The number of aromatic amines is 1. The standard InChI is InChI=1S/C23H28N4O3/c1-4-30-23(29)22-16(2)21(17(3)25-22)20(28)15-27-11-9-26(10-12-27)14-19-7-5-18(13-24)6-8-19/h5-8,25H,4,9-12,14-15H2,1-3H3. The second kappa shape index (κ2) is 9.70. The minimum absolute atomic E-state index is 0.0253. The maximum Gasteiger partial charge on any atom is 0.355 e. The lowest BCUT2D eigenvalue weighted by atomic mass is 10.0. The SMILES string of the molecule is CCOC(=O)c1[nH]c(C)c(C(=O)CN2CCN(Cc3ccc(C#N)cc3)CC2)c1C. The average Bonchev–Trinajstić information content (AvgIpc) is 3.04. The van der Waals surface area contributed by atoms with Gasteiger partial charge in [-0.2, -0.15) is 5.26 Å². The highest BCUT2D eigenvalue weighted by Gasteiger charge is 2.25. The molecule has 0 saturated carbocycles. The van der Waals surface area contributed by atoms with Gasteiger partial charge in [-0.3, -0.25) is 14.6 Å². The molecule has 3 rings (SSSR count). The molecule has 1 aromatic carbocycles. The van der Waals surface area contributed by atoms with Crippen molar-refractivity contribution in [1.29, 1.82) is 5.26 Å². The van der Waals surface area contributed by atoms with Gasteiger partial charge in [0.1, 0.15) is 5.69 Å². The number of rotatable bonds is 7. The van der Waals surface area contributed by atoms with Gasteiger partial charge in [0.2, 0.25) is 0 Å². The molecule has 1 N–H and O–H groups in total. The summed E-state index contributed by atoms with van der Waals surface area (Å²) in [6.45, 7) is 10.2. The number of ketones is 1. The van der Waals surface area contributed by atoms with Gasteiger partial charge in [0.15, 0.2) is 5.78 Å². The Kier molecular flexibility index (Phi) is 7.03. The molecule has 1 saturated heterocycles. The third-order valence-electron chi connectivity index (χ3n) is 5.52. The molecule has 7 nitrogen and oxygen atoms in total. The second-order valence-corrected chi connectivity index (χ2v) is 7.63. The van der Waals surface area contributed by atoms with Crippen LogP contribution in [0.3, 0.4) is 0 Å². The predicted molar refractivity (Wildman–Crippen MR) is 113 cm³/mol. The van der Waals surface area contributed by atoms with Crippen molar-refractivity contribution in [2.45, 2.75) is 27.3 Å². The number of H-pyrrole nitrogens is 1. The summed E-state index contributed by atoms with van der Waals surface area (Å²) in [5, 5.41) is 8.90. The number of ether oxygens (including phenoxy) is 1. The summed E-state index contributed by atoms with van der Waals surface area (Å²) in [5.41, 5.74) is 4.19. The first-order chi connectivity index (χ1) is 14.4. The topological polar surface area (TPSA) is 89.4 Å². The molecule has 1 aliphatic rings. The molecule has 2 aromatic rings. The largest absolute Gasteiger partial charge is 0.461 e. The Bertz CT molecular complexity index is 948. The number of aryl methyl sites for hydroxylation is 1. The van der Waals surface area contributed by atoms with Gasteiger partial charge >= 0.3 is 5.97 Å². The lowest BCUT2D eigenvalue weighted by molar-refractivity contribution is 0.0519. The normalized spacial score (nSPS) is 15.0. The van der Waals surface area contributed by atoms with Gasteiger partial charge in [0.25, 0.3) is 0 Å². The molecule has 1 aromatic heterocycles. The third kappa shape index (κ3) is 4.96. The Labute approximate surface area is 177 Å². The first-order valence-corrected chi connectivity index (χ1v) is 10.3. The molecule has 0 bridgehead atoms. The maximum atomic E-state index is 12.9. The van der Waals surface area contributed by atoms with E-state index in [4.69, 9.17) is 10.00 Å². The number of carbonyl (C=O) groups is 2. The van der Waals surface area contributed by atoms with Crippen LogP contribution < -0.4 is 0 Å². The number of Topliss-reactive ketones (excluding diaryl/α,β-unsaturated/α-hetero) is 1. The van der Waals surface area contributed by atoms with Gasteiger partial charge in [-0.05, 0) is 44.0 Å². The van der Waals surface area contributed by atoms with Crippen LogP contribution in [0.2, 0.25) is 0 Å². The summed E-state index contributed by atoms with van der Waals surface area (Å²) in [6, 6.07) is 9.81. The fourth-order valence-corrected chi connectivity index (χ4v) is 3.91. The van der Waals surface area contributed by atoms with Crippen molar-refractivity contribution < 1.29 is 14.3 Å². The fraction of sp³-hybridized carbons (Fsp3) is 0.435. The smallest absolute Gasteiger partial charge is 0.355 e. The van der Waals surface area contributed by atoms with E-state index in [1.54, 1.807) is 13.8 Å². The summed E-state index contributed by atoms with van der Waals surface area (Å²) >= 11 is 0. The molecule has 1 aliphatic heterocycles. The summed E-state index contributed by atoms with van der Waals surface area (Å²) in [4.78, 5) is 32.5. The van der Waals surface area contributed by atoms with E-state index < -0.39 is 5.97 Å². The molecule has 7 heteroatoms. The highest BCUT2D eigenvalue weighted by atomic mass is 16.5. The molecule has 1 fully saturated rings. The lowest BCUT2D eigenvalue weighted by Gasteiger charge is -2.34. The molecule has 0 aliphatic carbocycles. The monoisotopic (exact) mass is 408 g/mol. The molecule has 30 heavy (non-hydrogen) atoms. The minimum Gasteiger partial charge on any atom is -0.461 e. The summed E-state index contributed by atoms with van der Waals surface area (Å²) in [7, 11) is 0. The zero-order chi connectivity index (χ0) is 21.7. The van der Waals surface area contributed by atoms with Gasteiger partial charge in [-0.15, -0.1) is 0 Å². The van der Waals surface area contributed by atoms with Crippen LogP contribution in [0.1, 0.15) is 50.2 Å². The molecule has 0 spiro atoms. The number of carbonyl (C=O) groups excluding carboxylic acids is 2. The van der Waals surface area contributed by atoms with Crippen LogP contribution >= 0.6 is 0 Å². The van der Waals surface area contributed by atoms with Gasteiger partial charge in [-0.1, -0.05) is 12.1 Å². The van der Waals surface area contributed by atoms with E-state index >= 15 is 0 Å². The second-order valence-electron chi connectivity index (χ2n) is 7.63. The Morgan fingerprint density at radius 3 is 2.33 bits per heavy atom. The van der Waals surface area contributed by atoms with Gasteiger partial charge in [0.05, 0.1) is 24.8 Å². The molecule has 0 atom stereocenters. The Morgan fingerprint density at radius 2 is 1.73 bits per heavy atom. The predicted octanol–water partition coefficient (Wildman–Crippen LogP) is 2.68. The van der Waals surface area contributed by atoms with E-state index in [1.165, 1.54) is 5.56 Å². The van der Waals surface area contributed by atoms with Crippen molar-refractivity contribution in [3.05, 3.63) is 57.9 Å². The van der Waals surface area contributed by atoms with Gasteiger partial charge in [-0.25, -0.2) is 4.79 Å². The van der Waals surface area contributed by atoms with Crippen LogP contribution in [0.25, 0.3) is 0 Å². The van der Waals surface area contributed by atoms with Crippen LogP contribution in [-0.4, -0.2) is 65.9 Å². The number of benzene rings is 1. The first-order valence-electron chi connectivity index (χ1n) is 10.3. The van der Waals surface area contributed by atoms with Crippen LogP contribution in [0.4, 0.5) is 0 Å². The number of esters is 1. The number of nitrogens with zero attached hydrogens (tertiary/aromatic N) is 3. The van der Waals surface area contributed by atoms with Crippen LogP contribution in [-0.2, 0) is 11.3 Å². The quantitative estimate of drug-likeness (QED) is 0.560. The molecule has 158 valence electrons. The average molecular weight is 409 g/mol. The van der Waals surface area contributed by atoms with E-state index in [0.29, 0.717) is 41.2 Å². The van der Waals surface area contributed by atoms with E-state index in [-0.39, 0.29) is 5.78 Å². The van der Waals surface area contributed by atoms with Crippen molar-refractivity contribution in [3.63, 3.8) is 0 Å². The zero-order valence-electron chi connectivity index (χ0n) is 17.8. The van der Waals surface area contributed by atoms with Crippen molar-refractivity contribution >= 4 is 11.8 Å². The van der Waals surface area contributed by atoms with Crippen molar-refractivity contribution in [3.8, 4) is 6.07 Å². The number of aromatic nitrogens is 1. The van der Waals surface area contributed by atoms with Gasteiger partial charge in [0, 0.05) is 44.0 Å². The molecule has 0 radical (unpaired) electrons. The van der Waals surface area contributed by atoms with E-state index in [9.17, 15) is 9.59 Å². The zero-order valence-corrected chi connectivity index (χ0v) is 17.8. The number of hydrogen-bond acceptors (Lipinski definition) is 6.